The van der Waals surface area contributed by atoms with Gasteiger partial charge in [0.05, 0.1) is 6.10 Å². The summed E-state index contributed by atoms with van der Waals surface area (Å²) in [5.41, 5.74) is 1.12. The summed E-state index contributed by atoms with van der Waals surface area (Å²) in [6, 6.07) is 0. The molecule has 0 aliphatic heterocycles. The van der Waals surface area contributed by atoms with Crippen LogP contribution >= 0.6 is 0 Å². The number of hydrogen-bond acceptors (Lipinski definition) is 1. The Morgan fingerprint density at radius 3 is 2.34 bits per heavy atom. The van der Waals surface area contributed by atoms with Gasteiger partial charge in [0.25, 0.3) is 0 Å². The van der Waals surface area contributed by atoms with E-state index in [1.807, 2.05) is 0 Å². The van der Waals surface area contributed by atoms with Crippen molar-refractivity contribution in [3.05, 3.63) is 0 Å². The Labute approximate surface area is 181 Å². The molecule has 29 heavy (non-hydrogen) atoms. The topological polar surface area (TPSA) is 20.2 Å². The van der Waals surface area contributed by atoms with E-state index >= 15 is 0 Å². The molecular weight excluding hydrogens is 352 g/mol. The van der Waals surface area contributed by atoms with Crippen molar-refractivity contribution in [2.24, 2.45) is 58.2 Å². The maximum atomic E-state index is 10.5. The minimum absolute atomic E-state index is 0.0407. The molecule has 1 N–H and O–H groups in total. The third-order valence-corrected chi connectivity index (χ3v) is 11.2. The van der Waals surface area contributed by atoms with Crippen molar-refractivity contribution >= 4 is 0 Å². The zero-order chi connectivity index (χ0) is 21.0. The number of aliphatic hydroxyl groups is 1. The largest absolute Gasteiger partial charge is 0.393 e. The number of fused-ring (bicyclic) bond motifs is 5. The van der Waals surface area contributed by atoms with Crippen molar-refractivity contribution in [3.8, 4) is 0 Å². The summed E-state index contributed by atoms with van der Waals surface area (Å²) in [6.45, 7) is 15.0. The number of rotatable bonds is 5. The Hall–Kier alpha value is -0.0400. The van der Waals surface area contributed by atoms with Gasteiger partial charge in [-0.15, -0.1) is 0 Å². The highest BCUT2D eigenvalue weighted by atomic mass is 16.3. The first kappa shape index (κ1) is 22.2. The molecule has 0 aromatic rings. The lowest BCUT2D eigenvalue weighted by Crippen LogP contribution is -2.55. The lowest BCUT2D eigenvalue weighted by atomic mass is 9.43. The van der Waals surface area contributed by atoms with Crippen molar-refractivity contribution < 1.29 is 5.11 Å². The third-order valence-electron chi connectivity index (χ3n) is 11.2. The van der Waals surface area contributed by atoms with E-state index in [0.717, 1.165) is 47.8 Å². The maximum absolute atomic E-state index is 10.5. The van der Waals surface area contributed by atoms with Gasteiger partial charge in [-0.25, -0.2) is 0 Å². The fraction of sp³-hybridized carbons (Fsp3) is 1.00. The lowest BCUT2D eigenvalue weighted by Gasteiger charge is -2.62. The summed E-state index contributed by atoms with van der Waals surface area (Å²) in [4.78, 5) is 0. The second kappa shape index (κ2) is 8.14. The molecule has 168 valence electrons. The van der Waals surface area contributed by atoms with E-state index in [4.69, 9.17) is 0 Å². The summed E-state index contributed by atoms with van der Waals surface area (Å²) in [6.07, 6.45) is 15.4. The van der Waals surface area contributed by atoms with Gasteiger partial charge in [0.2, 0.25) is 0 Å². The van der Waals surface area contributed by atoms with Crippen LogP contribution in [0.3, 0.4) is 0 Å². The van der Waals surface area contributed by atoms with Crippen LogP contribution in [-0.2, 0) is 0 Å². The van der Waals surface area contributed by atoms with Crippen molar-refractivity contribution in [1.29, 1.82) is 0 Å². The van der Waals surface area contributed by atoms with Gasteiger partial charge in [-0.1, -0.05) is 60.8 Å². The molecule has 0 radical (unpaired) electrons. The molecule has 0 aromatic carbocycles. The predicted molar refractivity (Wildman–Crippen MR) is 124 cm³/mol. The molecule has 0 amide bonds. The molecule has 4 rings (SSSR count). The van der Waals surface area contributed by atoms with E-state index in [0.29, 0.717) is 16.7 Å². The summed E-state index contributed by atoms with van der Waals surface area (Å²) >= 11 is 0. The quantitative estimate of drug-likeness (QED) is 0.499. The minimum Gasteiger partial charge on any atom is -0.393 e. The van der Waals surface area contributed by atoms with Gasteiger partial charge in [0.15, 0.2) is 0 Å². The lowest BCUT2D eigenvalue weighted by molar-refractivity contribution is -0.142. The first-order chi connectivity index (χ1) is 13.7. The molecule has 0 spiro atoms. The van der Waals surface area contributed by atoms with E-state index in [1.165, 1.54) is 64.2 Å². The van der Waals surface area contributed by atoms with Gasteiger partial charge in [0.1, 0.15) is 0 Å². The first-order valence-corrected chi connectivity index (χ1v) is 13.3. The Balaban J connectivity index is 1.47. The molecule has 0 aromatic heterocycles. The highest BCUT2D eigenvalue weighted by molar-refractivity contribution is 5.10. The summed E-state index contributed by atoms with van der Waals surface area (Å²) in [7, 11) is 0. The van der Waals surface area contributed by atoms with E-state index < -0.39 is 0 Å². The van der Waals surface area contributed by atoms with Crippen LogP contribution < -0.4 is 0 Å². The van der Waals surface area contributed by atoms with Gasteiger partial charge in [0, 0.05) is 0 Å². The van der Waals surface area contributed by atoms with Gasteiger partial charge in [-0.2, -0.15) is 0 Å². The van der Waals surface area contributed by atoms with Crippen LogP contribution in [0, 0.1) is 58.2 Å². The SMILES string of the molecule is CC(C)CCCC(C)C1CCC2C3CCC4CC(O)C(C)CC4(C)C3CCC12C. The van der Waals surface area contributed by atoms with Crippen LogP contribution in [0.5, 0.6) is 0 Å². The molecule has 10 atom stereocenters. The molecule has 4 saturated carbocycles. The molecule has 1 heteroatoms. The van der Waals surface area contributed by atoms with Crippen LogP contribution in [0.1, 0.15) is 112 Å². The van der Waals surface area contributed by atoms with Crippen molar-refractivity contribution in [2.45, 2.75) is 118 Å². The molecule has 0 bridgehead atoms. The fourth-order valence-corrected chi connectivity index (χ4v) is 9.62. The summed E-state index contributed by atoms with van der Waals surface area (Å²) < 4.78 is 0. The van der Waals surface area contributed by atoms with Crippen LogP contribution in [0.25, 0.3) is 0 Å². The molecule has 1 nitrogen and oxygen atoms in total. The van der Waals surface area contributed by atoms with Crippen LogP contribution in [-0.4, -0.2) is 11.2 Å². The van der Waals surface area contributed by atoms with Crippen molar-refractivity contribution in [3.63, 3.8) is 0 Å². The van der Waals surface area contributed by atoms with Crippen LogP contribution in [0.15, 0.2) is 0 Å². The molecule has 0 heterocycles. The van der Waals surface area contributed by atoms with Crippen LogP contribution in [0.4, 0.5) is 0 Å². The Morgan fingerprint density at radius 2 is 1.62 bits per heavy atom. The molecule has 0 saturated heterocycles. The fourth-order valence-electron chi connectivity index (χ4n) is 9.62. The Bertz CT molecular complexity index is 569. The van der Waals surface area contributed by atoms with E-state index in [1.54, 1.807) is 0 Å². The Kier molecular flexibility index (Phi) is 6.22. The molecule has 4 fully saturated rings. The molecular formula is C28H50O. The normalized spacial score (nSPS) is 50.7. The molecule has 4 aliphatic rings. The second-order valence-electron chi connectivity index (χ2n) is 13.2. The van der Waals surface area contributed by atoms with E-state index in [9.17, 15) is 5.11 Å². The van der Waals surface area contributed by atoms with E-state index in [-0.39, 0.29) is 6.10 Å². The van der Waals surface area contributed by atoms with Crippen LogP contribution in [0.2, 0.25) is 0 Å². The first-order valence-electron chi connectivity index (χ1n) is 13.3. The molecule has 4 aliphatic carbocycles. The third kappa shape index (κ3) is 3.74. The smallest absolute Gasteiger partial charge is 0.0568 e. The van der Waals surface area contributed by atoms with E-state index in [2.05, 4.69) is 41.5 Å². The average Bonchev–Trinajstić information content (AvgIpc) is 3.00. The summed E-state index contributed by atoms with van der Waals surface area (Å²) in [5, 5.41) is 10.5. The van der Waals surface area contributed by atoms with Gasteiger partial charge in [-0.3, -0.25) is 0 Å². The highest BCUT2D eigenvalue weighted by Gasteiger charge is 2.61. The van der Waals surface area contributed by atoms with Gasteiger partial charge in [-0.05, 0) is 110 Å². The number of aliphatic hydroxyl groups excluding tert-OH is 1. The monoisotopic (exact) mass is 402 g/mol. The molecule has 10 unspecified atom stereocenters. The van der Waals surface area contributed by atoms with Crippen molar-refractivity contribution in [2.75, 3.05) is 0 Å². The average molecular weight is 403 g/mol. The second-order valence-corrected chi connectivity index (χ2v) is 13.2. The zero-order valence-electron chi connectivity index (χ0n) is 20.4. The zero-order valence-corrected chi connectivity index (χ0v) is 20.4. The maximum Gasteiger partial charge on any atom is 0.0568 e. The Morgan fingerprint density at radius 1 is 0.897 bits per heavy atom. The number of hydrogen-bond donors (Lipinski definition) is 1. The highest BCUT2D eigenvalue weighted by Crippen LogP contribution is 2.68. The van der Waals surface area contributed by atoms with Gasteiger partial charge < -0.3 is 5.11 Å². The summed E-state index contributed by atoms with van der Waals surface area (Å²) in [5.74, 6) is 6.92. The van der Waals surface area contributed by atoms with Gasteiger partial charge >= 0.3 is 0 Å². The minimum atomic E-state index is -0.0407. The van der Waals surface area contributed by atoms with Crippen molar-refractivity contribution in [1.82, 2.24) is 0 Å². The predicted octanol–water partition coefficient (Wildman–Crippen LogP) is 7.71. The standard InChI is InChI=1S/C28H50O/c1-18(2)8-7-9-19(3)23-12-13-24-22-11-10-21-16-26(29)20(4)17-28(21,6)25(22)14-15-27(23,24)5/h18-26,29H,7-17H2,1-6H3.